The Labute approximate surface area is 111 Å². The number of aliphatic hydroxyl groups is 1. The summed E-state index contributed by atoms with van der Waals surface area (Å²) in [6.45, 7) is 8.65. The monoisotopic (exact) mass is 244 g/mol. The van der Waals surface area contributed by atoms with E-state index < -0.39 is 0 Å². The van der Waals surface area contributed by atoms with Crippen molar-refractivity contribution in [1.29, 1.82) is 0 Å². The average Bonchev–Trinajstić information content (AvgIpc) is 2.30. The highest BCUT2D eigenvalue weighted by Crippen LogP contribution is 2.37. The maximum absolute atomic E-state index is 10.7. The van der Waals surface area contributed by atoms with Gasteiger partial charge in [0.1, 0.15) is 0 Å². The molecule has 1 N–H and O–H groups in total. The van der Waals surface area contributed by atoms with Gasteiger partial charge in [-0.15, -0.1) is 0 Å². The molecule has 1 heteroatoms. The van der Waals surface area contributed by atoms with E-state index in [9.17, 15) is 5.11 Å². The number of benzene rings is 1. The molecule has 3 unspecified atom stereocenters. The van der Waals surface area contributed by atoms with Crippen molar-refractivity contribution in [2.45, 2.75) is 46.6 Å². The van der Waals surface area contributed by atoms with Crippen molar-refractivity contribution in [2.75, 3.05) is 0 Å². The first-order chi connectivity index (χ1) is 8.49. The number of hydrogen-bond acceptors (Lipinski definition) is 1. The quantitative estimate of drug-likeness (QED) is 0.768. The van der Waals surface area contributed by atoms with Crippen molar-refractivity contribution in [2.24, 2.45) is 11.8 Å². The van der Waals surface area contributed by atoms with Gasteiger partial charge in [0.05, 0.1) is 6.10 Å². The lowest BCUT2D eigenvalue weighted by Crippen LogP contribution is -2.20. The predicted molar refractivity (Wildman–Crippen MR) is 76.5 cm³/mol. The van der Waals surface area contributed by atoms with Crippen LogP contribution in [0.4, 0.5) is 0 Å². The van der Waals surface area contributed by atoms with Gasteiger partial charge in [-0.2, -0.15) is 0 Å². The third-order valence-electron chi connectivity index (χ3n) is 4.24. The Balaban J connectivity index is 2.24. The minimum Gasteiger partial charge on any atom is -0.388 e. The highest BCUT2D eigenvalue weighted by atomic mass is 16.3. The van der Waals surface area contributed by atoms with Crippen molar-refractivity contribution in [3.8, 4) is 0 Å². The van der Waals surface area contributed by atoms with E-state index in [1.807, 2.05) is 0 Å². The van der Waals surface area contributed by atoms with Gasteiger partial charge in [0, 0.05) is 0 Å². The number of allylic oxidation sites excluding steroid dienone is 2. The van der Waals surface area contributed by atoms with Crippen LogP contribution in [0, 0.1) is 25.7 Å². The first-order valence-corrected chi connectivity index (χ1v) is 6.90. The molecule has 0 aliphatic heterocycles. The zero-order valence-electron chi connectivity index (χ0n) is 11.9. The molecule has 1 aromatic rings. The zero-order chi connectivity index (χ0) is 13.3. The van der Waals surface area contributed by atoms with Crippen molar-refractivity contribution in [3.05, 3.63) is 46.5 Å². The largest absolute Gasteiger partial charge is 0.388 e. The molecule has 1 aliphatic rings. The van der Waals surface area contributed by atoms with Gasteiger partial charge in [-0.3, -0.25) is 0 Å². The first kappa shape index (κ1) is 13.4. The van der Waals surface area contributed by atoms with E-state index >= 15 is 0 Å². The summed E-state index contributed by atoms with van der Waals surface area (Å²) < 4.78 is 0. The molecule has 2 rings (SSSR count). The van der Waals surface area contributed by atoms with Gasteiger partial charge in [-0.25, -0.2) is 0 Å². The molecule has 3 atom stereocenters. The Hall–Kier alpha value is -1.08. The zero-order valence-corrected chi connectivity index (χ0v) is 11.9. The summed E-state index contributed by atoms with van der Waals surface area (Å²) in [5.74, 6) is 0.953. The maximum atomic E-state index is 10.7. The molecule has 0 saturated heterocycles. The van der Waals surface area contributed by atoms with Crippen LogP contribution in [0.2, 0.25) is 0 Å². The summed E-state index contributed by atoms with van der Waals surface area (Å²) in [5, 5.41) is 10.7. The molecule has 0 bridgehead atoms. The van der Waals surface area contributed by atoms with Crippen molar-refractivity contribution in [1.82, 2.24) is 0 Å². The molecule has 0 saturated carbocycles. The molecule has 98 valence electrons. The third-order valence-corrected chi connectivity index (χ3v) is 4.24. The lowest BCUT2D eigenvalue weighted by atomic mass is 9.78. The van der Waals surface area contributed by atoms with E-state index in [2.05, 4.69) is 52.0 Å². The van der Waals surface area contributed by atoms with Gasteiger partial charge in [-0.1, -0.05) is 36.8 Å². The summed E-state index contributed by atoms with van der Waals surface area (Å²) in [7, 11) is 0. The van der Waals surface area contributed by atoms with Gasteiger partial charge in [0.25, 0.3) is 0 Å². The molecule has 0 spiro atoms. The van der Waals surface area contributed by atoms with E-state index in [1.165, 1.54) is 16.7 Å². The molecule has 1 aliphatic carbocycles. The van der Waals surface area contributed by atoms with Crippen LogP contribution < -0.4 is 0 Å². The van der Waals surface area contributed by atoms with Crippen molar-refractivity contribution < 1.29 is 5.11 Å². The van der Waals surface area contributed by atoms with Crippen molar-refractivity contribution in [3.63, 3.8) is 0 Å². The fraction of sp³-hybridized carbons (Fsp3) is 0.529. The molecule has 0 heterocycles. The smallest absolute Gasteiger partial charge is 0.0824 e. The Morgan fingerprint density at radius 2 is 1.94 bits per heavy atom. The molecule has 18 heavy (non-hydrogen) atoms. The average molecular weight is 244 g/mol. The minimum atomic E-state index is -0.323. The molecule has 0 radical (unpaired) electrons. The number of aryl methyl sites for hydroxylation is 1. The molecular weight excluding hydrogens is 220 g/mol. The standard InChI is InChI=1S/C17H24O/c1-11-8-12(2)10-15(9-11)17(18)16-7-5-6-13(3)14(16)4/h5-8,11,15,17-18H,9-10H2,1-4H3. The lowest BCUT2D eigenvalue weighted by molar-refractivity contribution is 0.0926. The van der Waals surface area contributed by atoms with Crippen LogP contribution in [0.1, 0.15) is 49.5 Å². The molecule has 0 amide bonds. The van der Waals surface area contributed by atoms with Gasteiger partial charge in [0.15, 0.2) is 0 Å². The second-order valence-electron chi connectivity index (χ2n) is 5.92. The minimum absolute atomic E-state index is 0.323. The number of hydrogen-bond donors (Lipinski definition) is 1. The number of aliphatic hydroxyl groups excluding tert-OH is 1. The fourth-order valence-electron chi connectivity index (χ4n) is 3.18. The Bertz CT molecular complexity index is 459. The maximum Gasteiger partial charge on any atom is 0.0824 e. The highest BCUT2D eigenvalue weighted by Gasteiger charge is 2.26. The van der Waals surface area contributed by atoms with E-state index in [-0.39, 0.29) is 6.10 Å². The van der Waals surface area contributed by atoms with Gasteiger partial charge in [0.2, 0.25) is 0 Å². The lowest BCUT2D eigenvalue weighted by Gasteiger charge is -2.30. The topological polar surface area (TPSA) is 20.2 Å². The molecular formula is C17H24O. The van der Waals surface area contributed by atoms with E-state index in [4.69, 9.17) is 0 Å². The second-order valence-corrected chi connectivity index (χ2v) is 5.92. The van der Waals surface area contributed by atoms with Crippen LogP contribution in [0.15, 0.2) is 29.8 Å². The van der Waals surface area contributed by atoms with Gasteiger partial charge >= 0.3 is 0 Å². The SMILES string of the molecule is CC1=CC(C)CC(C(O)c2cccc(C)c2C)C1. The summed E-state index contributed by atoms with van der Waals surface area (Å²) in [5.41, 5.74) is 5.04. The van der Waals surface area contributed by atoms with Crippen LogP contribution in [-0.4, -0.2) is 5.11 Å². The summed E-state index contributed by atoms with van der Waals surface area (Å²) in [4.78, 5) is 0. The Morgan fingerprint density at radius 1 is 1.22 bits per heavy atom. The molecule has 1 aromatic carbocycles. The van der Waals surface area contributed by atoms with Gasteiger partial charge in [-0.05, 0) is 62.1 Å². The first-order valence-electron chi connectivity index (χ1n) is 6.90. The predicted octanol–water partition coefficient (Wildman–Crippen LogP) is 4.33. The van der Waals surface area contributed by atoms with E-state index in [0.29, 0.717) is 11.8 Å². The molecule has 0 aromatic heterocycles. The van der Waals surface area contributed by atoms with Crippen LogP contribution in [0.25, 0.3) is 0 Å². The van der Waals surface area contributed by atoms with E-state index in [0.717, 1.165) is 18.4 Å². The fourth-order valence-corrected chi connectivity index (χ4v) is 3.18. The van der Waals surface area contributed by atoms with Gasteiger partial charge < -0.3 is 5.11 Å². The summed E-state index contributed by atoms with van der Waals surface area (Å²) in [6, 6.07) is 6.24. The van der Waals surface area contributed by atoms with Crippen LogP contribution >= 0.6 is 0 Å². The Kier molecular flexibility index (Phi) is 3.91. The number of rotatable bonds is 2. The molecule has 0 fully saturated rings. The summed E-state index contributed by atoms with van der Waals surface area (Å²) in [6.07, 6.45) is 4.13. The van der Waals surface area contributed by atoms with Crippen LogP contribution in [0.3, 0.4) is 0 Å². The summed E-state index contributed by atoms with van der Waals surface area (Å²) >= 11 is 0. The van der Waals surface area contributed by atoms with Crippen LogP contribution in [0.5, 0.6) is 0 Å². The van der Waals surface area contributed by atoms with Crippen LogP contribution in [-0.2, 0) is 0 Å². The van der Waals surface area contributed by atoms with Crippen molar-refractivity contribution >= 4 is 0 Å². The Morgan fingerprint density at radius 3 is 2.61 bits per heavy atom. The van der Waals surface area contributed by atoms with E-state index in [1.54, 1.807) is 0 Å². The normalized spacial score (nSPS) is 25.7. The highest BCUT2D eigenvalue weighted by molar-refractivity contribution is 5.35. The molecule has 1 nitrogen and oxygen atoms in total. The third kappa shape index (κ3) is 2.67. The second kappa shape index (κ2) is 5.27.